The smallest absolute Gasteiger partial charge is 0.222 e. The molecule has 1 nitrogen and oxygen atoms in total. The summed E-state index contributed by atoms with van der Waals surface area (Å²) in [5.41, 5.74) is 0. The van der Waals surface area contributed by atoms with Gasteiger partial charge in [0.2, 0.25) is 6.85 Å². The minimum Gasteiger partial charge on any atom is -0.356 e. The fraction of sp³-hybridized carbons (Fsp3) is 1.00. The van der Waals surface area contributed by atoms with Gasteiger partial charge in [-0.3, -0.25) is 0 Å². The van der Waals surface area contributed by atoms with Gasteiger partial charge < -0.3 is 5.23 Å². The maximum atomic E-state index is 3.47. The van der Waals surface area contributed by atoms with Crippen molar-refractivity contribution < 1.29 is 0 Å². The maximum absolute atomic E-state index is 3.47. The summed E-state index contributed by atoms with van der Waals surface area (Å²) in [6, 6.07) is 0. The highest BCUT2D eigenvalue weighted by atomic mass is 14.8. The van der Waals surface area contributed by atoms with Crippen LogP contribution < -0.4 is 5.23 Å². The first kappa shape index (κ1) is 10.0. The van der Waals surface area contributed by atoms with Crippen molar-refractivity contribution in [3.8, 4) is 0 Å². The molecule has 0 saturated heterocycles. The van der Waals surface area contributed by atoms with Gasteiger partial charge in [0.1, 0.15) is 0 Å². The van der Waals surface area contributed by atoms with E-state index < -0.39 is 0 Å². The number of hydrogen-bond acceptors (Lipinski definition) is 1. The number of rotatable bonds is 3. The van der Waals surface area contributed by atoms with Crippen LogP contribution in [0.1, 0.15) is 34.1 Å². The molecule has 0 aliphatic heterocycles. The van der Waals surface area contributed by atoms with E-state index in [0.29, 0.717) is 12.2 Å². The lowest BCUT2D eigenvalue weighted by Crippen LogP contribution is -2.39. The molecule has 0 aliphatic rings. The molecule has 0 aromatic rings. The normalized spacial score (nSPS) is 11.7. The molecule has 0 radical (unpaired) electrons. The Kier molecular flexibility index (Phi) is 4.03. The van der Waals surface area contributed by atoms with Crippen molar-refractivity contribution in [1.82, 2.24) is 5.23 Å². The number of nitrogens with one attached hydrogen (secondary N) is 1. The van der Waals surface area contributed by atoms with Gasteiger partial charge in [-0.2, -0.15) is 0 Å². The van der Waals surface area contributed by atoms with Crippen LogP contribution in [0.15, 0.2) is 0 Å². The summed E-state index contributed by atoms with van der Waals surface area (Å²) >= 11 is 0. The van der Waals surface area contributed by atoms with Crippen LogP contribution in [0.5, 0.6) is 0 Å². The lowest BCUT2D eigenvalue weighted by Gasteiger charge is -2.24. The van der Waals surface area contributed by atoms with Gasteiger partial charge in [0.25, 0.3) is 0 Å². The van der Waals surface area contributed by atoms with Crippen LogP contribution in [0.3, 0.4) is 0 Å². The minimum atomic E-state index is 0.398. The summed E-state index contributed by atoms with van der Waals surface area (Å²) in [6.45, 7) is 13.0. The van der Waals surface area contributed by atoms with Crippen molar-refractivity contribution in [3.63, 3.8) is 0 Å². The average molecular weight is 141 g/mol. The summed E-state index contributed by atoms with van der Waals surface area (Å²) in [6.07, 6.45) is 1.22. The van der Waals surface area contributed by atoms with Gasteiger partial charge in [-0.25, -0.2) is 0 Å². The summed E-state index contributed by atoms with van der Waals surface area (Å²) in [7, 11) is 0. The van der Waals surface area contributed by atoms with Crippen molar-refractivity contribution in [1.29, 1.82) is 0 Å². The van der Waals surface area contributed by atoms with Crippen molar-refractivity contribution in [3.05, 3.63) is 0 Å². The molecule has 0 amide bonds. The largest absolute Gasteiger partial charge is 0.356 e. The van der Waals surface area contributed by atoms with E-state index in [0.717, 1.165) is 6.54 Å². The van der Waals surface area contributed by atoms with E-state index in [2.05, 4.69) is 39.7 Å². The van der Waals surface area contributed by atoms with E-state index >= 15 is 0 Å². The third kappa shape index (κ3) is 3.94. The number of hydrogen-bond donors (Lipinski definition) is 1. The fourth-order valence-corrected chi connectivity index (χ4v) is 0.667. The third-order valence-corrected chi connectivity index (χ3v) is 2.00. The summed E-state index contributed by atoms with van der Waals surface area (Å²) in [5, 5.41) is 3.87. The molecule has 0 unspecified atom stereocenters. The molecular weight excluding hydrogens is 121 g/mol. The topological polar surface area (TPSA) is 12.0 Å². The van der Waals surface area contributed by atoms with Gasteiger partial charge in [-0.05, 0) is 18.3 Å². The van der Waals surface area contributed by atoms with Crippen LogP contribution in [0.2, 0.25) is 12.1 Å². The van der Waals surface area contributed by atoms with Gasteiger partial charge in [-0.15, -0.1) is 0 Å². The standard InChI is InChI=1S/C8H20BN/c1-6-7-10-9(5)8(2,3)4/h10H,6-7H2,1-5H3. The molecule has 0 heterocycles. The monoisotopic (exact) mass is 141 g/mol. The van der Waals surface area contributed by atoms with Crippen LogP contribution in [-0.4, -0.2) is 13.4 Å². The van der Waals surface area contributed by atoms with Crippen LogP contribution >= 0.6 is 0 Å². The molecular formula is C8H20BN. The molecule has 2 heteroatoms. The fourth-order valence-electron chi connectivity index (χ4n) is 0.667. The molecule has 0 aliphatic carbocycles. The van der Waals surface area contributed by atoms with Gasteiger partial charge in [0.15, 0.2) is 0 Å². The van der Waals surface area contributed by atoms with E-state index in [1.165, 1.54) is 6.42 Å². The summed E-state index contributed by atoms with van der Waals surface area (Å²) in [4.78, 5) is 0. The highest BCUT2D eigenvalue weighted by molar-refractivity contribution is 6.57. The lowest BCUT2D eigenvalue weighted by molar-refractivity contribution is 0.702. The van der Waals surface area contributed by atoms with Crippen molar-refractivity contribution in [2.45, 2.75) is 46.3 Å². The Balaban J connectivity index is 3.52. The average Bonchev–Trinajstić information content (AvgIpc) is 1.80. The molecule has 1 N–H and O–H groups in total. The SMILES string of the molecule is CCCNB(C)C(C)(C)C. The Morgan fingerprint density at radius 2 is 1.80 bits per heavy atom. The quantitative estimate of drug-likeness (QED) is 0.595. The van der Waals surface area contributed by atoms with E-state index in [4.69, 9.17) is 0 Å². The summed E-state index contributed by atoms with van der Waals surface area (Å²) in [5.74, 6) is 0. The Labute approximate surface area is 65.7 Å². The Bertz CT molecular complexity index is 85.7. The maximum Gasteiger partial charge on any atom is 0.222 e. The van der Waals surface area contributed by atoms with Crippen LogP contribution in [0.4, 0.5) is 0 Å². The highest BCUT2D eigenvalue weighted by Gasteiger charge is 2.22. The molecule has 0 saturated carbocycles. The van der Waals surface area contributed by atoms with E-state index in [1.807, 2.05) is 0 Å². The molecule has 0 bridgehead atoms. The molecule has 0 aromatic heterocycles. The zero-order chi connectivity index (χ0) is 8.20. The first-order valence-electron chi connectivity index (χ1n) is 4.22. The van der Waals surface area contributed by atoms with Crippen molar-refractivity contribution in [2.75, 3.05) is 6.54 Å². The highest BCUT2D eigenvalue weighted by Crippen LogP contribution is 2.24. The Hall–Kier alpha value is 0.0249. The van der Waals surface area contributed by atoms with Gasteiger partial charge >= 0.3 is 0 Å². The predicted molar refractivity (Wildman–Crippen MR) is 49.6 cm³/mol. The first-order chi connectivity index (χ1) is 4.48. The second-order valence-corrected chi connectivity index (χ2v) is 4.04. The lowest BCUT2D eigenvalue weighted by atomic mass is 9.45. The van der Waals surface area contributed by atoms with E-state index in [-0.39, 0.29) is 0 Å². The van der Waals surface area contributed by atoms with Gasteiger partial charge in [0, 0.05) is 0 Å². The molecule has 0 aromatic carbocycles. The Morgan fingerprint density at radius 1 is 1.30 bits per heavy atom. The van der Waals surface area contributed by atoms with Crippen LogP contribution in [-0.2, 0) is 0 Å². The third-order valence-electron chi connectivity index (χ3n) is 2.00. The predicted octanol–water partition coefficient (Wildman–Crippen LogP) is 2.41. The van der Waals surface area contributed by atoms with Crippen molar-refractivity contribution in [2.24, 2.45) is 0 Å². The first-order valence-corrected chi connectivity index (χ1v) is 4.22. The van der Waals surface area contributed by atoms with Crippen LogP contribution in [0, 0.1) is 0 Å². The zero-order valence-corrected chi connectivity index (χ0v) is 7.99. The van der Waals surface area contributed by atoms with Gasteiger partial charge in [-0.1, -0.05) is 34.5 Å². The molecule has 0 atom stereocenters. The zero-order valence-electron chi connectivity index (χ0n) is 7.99. The second kappa shape index (κ2) is 4.02. The molecule has 60 valence electrons. The molecule has 0 rings (SSSR count). The minimum absolute atomic E-state index is 0.398. The Morgan fingerprint density at radius 3 is 2.10 bits per heavy atom. The summed E-state index contributed by atoms with van der Waals surface area (Å²) < 4.78 is 0. The van der Waals surface area contributed by atoms with Gasteiger partial charge in [0.05, 0.1) is 0 Å². The van der Waals surface area contributed by atoms with Crippen LogP contribution in [0.25, 0.3) is 0 Å². The van der Waals surface area contributed by atoms with E-state index in [1.54, 1.807) is 0 Å². The van der Waals surface area contributed by atoms with E-state index in [9.17, 15) is 0 Å². The molecule has 10 heavy (non-hydrogen) atoms. The molecule has 0 spiro atoms. The van der Waals surface area contributed by atoms with Crippen molar-refractivity contribution >= 4 is 6.85 Å². The molecule has 0 fully saturated rings. The second-order valence-electron chi connectivity index (χ2n) is 4.04.